The highest BCUT2D eigenvalue weighted by molar-refractivity contribution is 5.68. The topological polar surface area (TPSA) is 46.9 Å². The first-order chi connectivity index (χ1) is 8.36. The van der Waals surface area contributed by atoms with Crippen LogP contribution >= 0.6 is 0 Å². The van der Waals surface area contributed by atoms with Gasteiger partial charge >= 0.3 is 0 Å². The summed E-state index contributed by atoms with van der Waals surface area (Å²) in [6, 6.07) is 8.93. The average Bonchev–Trinajstić information content (AvgIpc) is 2.94. The van der Waals surface area contributed by atoms with E-state index in [0.717, 1.165) is 12.8 Å². The number of hydrogen-bond acceptors (Lipinski definition) is 2. The van der Waals surface area contributed by atoms with E-state index in [1.165, 1.54) is 11.1 Å². The maximum Gasteiger partial charge on any atom is 0.212 e. The zero-order valence-electron chi connectivity index (χ0n) is 9.34. The van der Waals surface area contributed by atoms with Crippen LogP contribution in [0.15, 0.2) is 36.8 Å². The zero-order chi connectivity index (χ0) is 11.7. The minimum atomic E-state index is 0.419. The first kappa shape index (κ1) is 10.1. The van der Waals surface area contributed by atoms with Crippen molar-refractivity contribution in [3.05, 3.63) is 47.9 Å². The summed E-state index contributed by atoms with van der Waals surface area (Å²) in [6.45, 7) is 0. The van der Waals surface area contributed by atoms with Gasteiger partial charge in [0.25, 0.3) is 0 Å². The van der Waals surface area contributed by atoms with Crippen LogP contribution in [0.1, 0.15) is 17.2 Å². The van der Waals surface area contributed by atoms with Crippen molar-refractivity contribution >= 4 is 12.2 Å². The molecule has 1 amide bonds. The predicted molar refractivity (Wildman–Crippen MR) is 64.8 cm³/mol. The summed E-state index contributed by atoms with van der Waals surface area (Å²) < 4.78 is 2.08. The lowest BCUT2D eigenvalue weighted by atomic mass is 10.1. The number of hydrogen-bond donors (Lipinski definition) is 1. The van der Waals surface area contributed by atoms with Gasteiger partial charge in [-0.15, -0.1) is 0 Å². The fourth-order valence-electron chi connectivity index (χ4n) is 2.42. The SMILES string of the molecule is O=CNc1cn(C2Cc3ccccc3C2)cn1. The molecule has 0 radical (unpaired) electrons. The van der Waals surface area contributed by atoms with E-state index < -0.39 is 0 Å². The molecule has 1 aromatic carbocycles. The van der Waals surface area contributed by atoms with E-state index in [9.17, 15) is 4.79 Å². The zero-order valence-corrected chi connectivity index (χ0v) is 9.34. The van der Waals surface area contributed by atoms with Crippen LogP contribution in [0.3, 0.4) is 0 Å². The molecule has 2 aromatic rings. The quantitative estimate of drug-likeness (QED) is 0.813. The molecule has 86 valence electrons. The third kappa shape index (κ3) is 1.82. The molecule has 1 N–H and O–H groups in total. The molecule has 3 rings (SSSR count). The highest BCUT2D eigenvalue weighted by Gasteiger charge is 2.22. The number of nitrogens with zero attached hydrogens (tertiary/aromatic N) is 2. The van der Waals surface area contributed by atoms with Crippen molar-refractivity contribution in [3.8, 4) is 0 Å². The molecule has 1 heterocycles. The molecule has 0 unspecified atom stereocenters. The smallest absolute Gasteiger partial charge is 0.212 e. The second-order valence-corrected chi connectivity index (χ2v) is 4.30. The molecule has 1 aromatic heterocycles. The number of aromatic nitrogens is 2. The van der Waals surface area contributed by atoms with Crippen LogP contribution < -0.4 is 5.32 Å². The summed E-state index contributed by atoms with van der Waals surface area (Å²) in [4.78, 5) is 14.5. The Morgan fingerprint density at radius 3 is 2.65 bits per heavy atom. The maximum atomic E-state index is 10.3. The predicted octanol–water partition coefficient (Wildman–Crippen LogP) is 1.79. The van der Waals surface area contributed by atoms with E-state index >= 15 is 0 Å². The molecule has 1 aliphatic rings. The molecule has 0 aliphatic heterocycles. The van der Waals surface area contributed by atoms with E-state index in [1.807, 2.05) is 6.20 Å². The minimum absolute atomic E-state index is 0.419. The number of nitrogens with one attached hydrogen (secondary N) is 1. The van der Waals surface area contributed by atoms with Gasteiger partial charge in [-0.05, 0) is 24.0 Å². The molecule has 17 heavy (non-hydrogen) atoms. The van der Waals surface area contributed by atoms with E-state index in [-0.39, 0.29) is 0 Å². The van der Waals surface area contributed by atoms with Crippen LogP contribution in [0.5, 0.6) is 0 Å². The minimum Gasteiger partial charge on any atom is -0.332 e. The van der Waals surface area contributed by atoms with Gasteiger partial charge in [-0.25, -0.2) is 4.98 Å². The number of anilines is 1. The first-order valence-corrected chi connectivity index (χ1v) is 5.67. The lowest BCUT2D eigenvalue weighted by Gasteiger charge is -2.09. The molecule has 0 saturated heterocycles. The van der Waals surface area contributed by atoms with Gasteiger partial charge in [0.1, 0.15) is 0 Å². The number of rotatable bonds is 3. The fraction of sp³-hybridized carbons (Fsp3) is 0.231. The molecule has 0 spiro atoms. The number of carbonyl (C=O) groups is 1. The highest BCUT2D eigenvalue weighted by Crippen LogP contribution is 2.30. The largest absolute Gasteiger partial charge is 0.332 e. The van der Waals surface area contributed by atoms with Gasteiger partial charge < -0.3 is 9.88 Å². The van der Waals surface area contributed by atoms with Crippen molar-refractivity contribution in [1.29, 1.82) is 0 Å². The van der Waals surface area contributed by atoms with Crippen molar-refractivity contribution in [2.75, 3.05) is 5.32 Å². The van der Waals surface area contributed by atoms with Crippen LogP contribution in [-0.2, 0) is 17.6 Å². The van der Waals surface area contributed by atoms with Crippen LogP contribution in [0.25, 0.3) is 0 Å². The third-order valence-corrected chi connectivity index (χ3v) is 3.26. The Bertz CT molecular complexity index is 522. The lowest BCUT2D eigenvalue weighted by Crippen LogP contribution is -2.06. The fourth-order valence-corrected chi connectivity index (χ4v) is 2.42. The van der Waals surface area contributed by atoms with E-state index in [1.54, 1.807) is 6.33 Å². The Kier molecular flexibility index (Phi) is 2.40. The van der Waals surface area contributed by atoms with Gasteiger partial charge in [0, 0.05) is 12.2 Å². The third-order valence-electron chi connectivity index (χ3n) is 3.26. The number of benzene rings is 1. The summed E-state index contributed by atoms with van der Waals surface area (Å²) in [6.07, 6.45) is 6.38. The highest BCUT2D eigenvalue weighted by atomic mass is 16.1. The lowest BCUT2D eigenvalue weighted by molar-refractivity contribution is -0.105. The van der Waals surface area contributed by atoms with Crippen molar-refractivity contribution in [2.24, 2.45) is 0 Å². The number of imidazole rings is 1. The summed E-state index contributed by atoms with van der Waals surface area (Å²) in [5, 5.41) is 2.56. The van der Waals surface area contributed by atoms with E-state index in [0.29, 0.717) is 18.3 Å². The first-order valence-electron chi connectivity index (χ1n) is 5.67. The summed E-state index contributed by atoms with van der Waals surface area (Å²) >= 11 is 0. The Morgan fingerprint density at radius 2 is 2.00 bits per heavy atom. The Morgan fingerprint density at radius 1 is 1.29 bits per heavy atom. The second kappa shape index (κ2) is 4.05. The van der Waals surface area contributed by atoms with Crippen LogP contribution in [0, 0.1) is 0 Å². The summed E-state index contributed by atoms with van der Waals surface area (Å²) in [5.74, 6) is 0.607. The second-order valence-electron chi connectivity index (χ2n) is 4.30. The standard InChI is InChI=1S/C13H13N3O/c17-9-15-13-7-16(8-14-13)12-5-10-3-1-2-4-11(10)6-12/h1-4,7-9,12H,5-6H2,(H,15,17). The Hall–Kier alpha value is -2.10. The molecular formula is C13H13N3O. The van der Waals surface area contributed by atoms with Crippen molar-refractivity contribution in [3.63, 3.8) is 0 Å². The maximum absolute atomic E-state index is 10.3. The number of fused-ring (bicyclic) bond motifs is 1. The van der Waals surface area contributed by atoms with Gasteiger partial charge in [0.15, 0.2) is 5.82 Å². The Balaban J connectivity index is 1.81. The number of carbonyl (C=O) groups excluding carboxylic acids is 1. The molecule has 4 heteroatoms. The van der Waals surface area contributed by atoms with Crippen molar-refractivity contribution in [2.45, 2.75) is 18.9 Å². The summed E-state index contributed by atoms with van der Waals surface area (Å²) in [5.41, 5.74) is 2.83. The van der Waals surface area contributed by atoms with Gasteiger partial charge in [-0.3, -0.25) is 4.79 Å². The molecule has 0 saturated carbocycles. The normalized spacial score (nSPS) is 14.6. The van der Waals surface area contributed by atoms with Crippen molar-refractivity contribution < 1.29 is 4.79 Å². The number of amides is 1. The van der Waals surface area contributed by atoms with Crippen LogP contribution in [0.4, 0.5) is 5.82 Å². The van der Waals surface area contributed by atoms with E-state index in [4.69, 9.17) is 0 Å². The summed E-state index contributed by atoms with van der Waals surface area (Å²) in [7, 11) is 0. The molecule has 0 fully saturated rings. The van der Waals surface area contributed by atoms with Gasteiger partial charge in [-0.1, -0.05) is 24.3 Å². The van der Waals surface area contributed by atoms with E-state index in [2.05, 4.69) is 39.1 Å². The van der Waals surface area contributed by atoms with Crippen LogP contribution in [0.2, 0.25) is 0 Å². The monoisotopic (exact) mass is 227 g/mol. The van der Waals surface area contributed by atoms with Crippen LogP contribution in [-0.4, -0.2) is 16.0 Å². The molecule has 1 aliphatic carbocycles. The van der Waals surface area contributed by atoms with Gasteiger partial charge in [0.05, 0.1) is 6.33 Å². The Labute approximate surface area is 99.3 Å². The molecule has 0 bridgehead atoms. The van der Waals surface area contributed by atoms with Crippen molar-refractivity contribution in [1.82, 2.24) is 9.55 Å². The molecule has 0 atom stereocenters. The average molecular weight is 227 g/mol. The van der Waals surface area contributed by atoms with Gasteiger partial charge in [0.2, 0.25) is 6.41 Å². The molecule has 4 nitrogen and oxygen atoms in total. The van der Waals surface area contributed by atoms with Gasteiger partial charge in [-0.2, -0.15) is 0 Å². The molecular weight excluding hydrogens is 214 g/mol.